The predicted molar refractivity (Wildman–Crippen MR) is 176 cm³/mol. The van der Waals surface area contributed by atoms with Gasteiger partial charge in [-0.25, -0.2) is 0 Å². The van der Waals surface area contributed by atoms with Gasteiger partial charge in [-0.1, -0.05) is 90.7 Å². The summed E-state index contributed by atoms with van der Waals surface area (Å²) in [6, 6.07) is -0.142. The Hall–Kier alpha value is -1.93. The highest BCUT2D eigenvalue weighted by Gasteiger charge is 2.45. The van der Waals surface area contributed by atoms with Crippen molar-refractivity contribution in [1.29, 1.82) is 0 Å². The number of hydrogen-bond acceptors (Lipinski definition) is 6. The number of amides is 2. The number of rotatable bonds is 21. The maximum Gasteiger partial charge on any atom is 0.307 e. The molecule has 1 aliphatic heterocycles. The Kier molecular flexibility index (Phi) is 18.2. The lowest BCUT2D eigenvalue weighted by atomic mass is 9.85. The van der Waals surface area contributed by atoms with Gasteiger partial charge in [-0.2, -0.15) is 0 Å². The second kappa shape index (κ2) is 21.0. The van der Waals surface area contributed by atoms with Gasteiger partial charge >= 0.3 is 5.97 Å². The third kappa shape index (κ3) is 15.9. The number of unbranched alkanes of at least 4 members (excludes halogenated alkanes) is 11. The molecule has 2 N–H and O–H groups in total. The molecular formula is C36H64N2O6. The molecular weight excluding hydrogens is 556 g/mol. The molecule has 2 fully saturated rings. The van der Waals surface area contributed by atoms with Crippen LogP contribution >= 0.6 is 0 Å². The first kappa shape index (κ1) is 38.3. The quantitative estimate of drug-likeness (QED) is 0.0775. The maximum absolute atomic E-state index is 12.8. The predicted octanol–water partition coefficient (Wildman–Crippen LogP) is 7.68. The van der Waals surface area contributed by atoms with E-state index in [0.29, 0.717) is 13.0 Å². The molecule has 0 radical (unpaired) electrons. The van der Waals surface area contributed by atoms with E-state index in [0.717, 1.165) is 51.4 Å². The lowest BCUT2D eigenvalue weighted by molar-refractivity contribution is -0.304. The van der Waals surface area contributed by atoms with E-state index in [1.165, 1.54) is 57.8 Å². The van der Waals surface area contributed by atoms with Crippen molar-refractivity contribution in [1.82, 2.24) is 10.6 Å². The van der Waals surface area contributed by atoms with Crippen LogP contribution in [0.5, 0.6) is 0 Å². The summed E-state index contributed by atoms with van der Waals surface area (Å²) in [5.41, 5.74) is -0.475. The first-order valence-corrected chi connectivity index (χ1v) is 17.8. The Morgan fingerprint density at radius 3 is 2.11 bits per heavy atom. The molecule has 2 aliphatic rings. The van der Waals surface area contributed by atoms with Crippen LogP contribution in [0.3, 0.4) is 0 Å². The smallest absolute Gasteiger partial charge is 0.307 e. The zero-order valence-corrected chi connectivity index (χ0v) is 28.7. The minimum atomic E-state index is -0.832. The maximum atomic E-state index is 12.8. The van der Waals surface area contributed by atoms with Gasteiger partial charge in [-0.3, -0.25) is 14.4 Å². The van der Waals surface area contributed by atoms with Crippen LogP contribution in [0.2, 0.25) is 0 Å². The SMILES string of the molecule is CCCCCCCCC=CCCCCCCCC(=O)N[C@@H]1CCCC[C@H]1OC(=O)CCNC(=O)C1OC(C)(C)OCC1(C)C. The van der Waals surface area contributed by atoms with Crippen LogP contribution in [0.15, 0.2) is 12.2 Å². The van der Waals surface area contributed by atoms with E-state index in [1.807, 2.05) is 13.8 Å². The average molecular weight is 621 g/mol. The van der Waals surface area contributed by atoms with Crippen molar-refractivity contribution in [3.8, 4) is 0 Å². The molecule has 254 valence electrons. The molecule has 0 bridgehead atoms. The molecule has 0 aromatic heterocycles. The van der Waals surface area contributed by atoms with Crippen molar-refractivity contribution in [2.24, 2.45) is 5.41 Å². The van der Waals surface area contributed by atoms with Gasteiger partial charge in [-0.05, 0) is 65.2 Å². The van der Waals surface area contributed by atoms with Gasteiger partial charge < -0.3 is 24.8 Å². The fraction of sp³-hybridized carbons (Fsp3) is 0.861. The molecule has 0 aromatic rings. The summed E-state index contributed by atoms with van der Waals surface area (Å²) in [4.78, 5) is 38.1. The van der Waals surface area contributed by atoms with E-state index in [9.17, 15) is 14.4 Å². The first-order valence-electron chi connectivity index (χ1n) is 17.8. The molecule has 1 heterocycles. The summed E-state index contributed by atoms with van der Waals surface area (Å²) >= 11 is 0. The summed E-state index contributed by atoms with van der Waals surface area (Å²) < 4.78 is 17.3. The van der Waals surface area contributed by atoms with Crippen molar-refractivity contribution < 1.29 is 28.6 Å². The van der Waals surface area contributed by atoms with Gasteiger partial charge in [0.15, 0.2) is 5.79 Å². The number of esters is 1. The Morgan fingerprint density at radius 2 is 1.43 bits per heavy atom. The Morgan fingerprint density at radius 1 is 0.818 bits per heavy atom. The number of hydrogen-bond donors (Lipinski definition) is 2. The standard InChI is InChI=1S/C36H64N2O6/c1-6-7-8-9-10-11-12-13-14-15-16-17-18-19-20-25-31(39)38-29-23-21-22-24-30(29)43-32(40)26-27-37-34(41)33-35(2,3)28-42-36(4,5)44-33/h13-14,29-30,33H,6-12,15-28H2,1-5H3,(H,37,41)(H,38,39)/t29-,30-,33?/m1/s1. The second-order valence-corrected chi connectivity index (χ2v) is 14.0. The monoisotopic (exact) mass is 620 g/mol. The molecule has 1 saturated heterocycles. The normalized spacial score (nSPS) is 22.9. The lowest BCUT2D eigenvalue weighted by Crippen LogP contribution is -2.56. The summed E-state index contributed by atoms with van der Waals surface area (Å²) in [6.45, 7) is 10.3. The zero-order valence-electron chi connectivity index (χ0n) is 28.7. The lowest BCUT2D eigenvalue weighted by Gasteiger charge is -2.44. The van der Waals surface area contributed by atoms with Gasteiger partial charge in [0.25, 0.3) is 0 Å². The molecule has 8 nitrogen and oxygen atoms in total. The van der Waals surface area contributed by atoms with E-state index in [1.54, 1.807) is 13.8 Å². The molecule has 1 unspecified atom stereocenters. The van der Waals surface area contributed by atoms with Crippen molar-refractivity contribution in [2.45, 2.75) is 181 Å². The second-order valence-electron chi connectivity index (χ2n) is 14.0. The third-order valence-corrected chi connectivity index (χ3v) is 8.77. The number of nitrogens with one attached hydrogen (secondary N) is 2. The molecule has 8 heteroatoms. The van der Waals surface area contributed by atoms with Gasteiger partial charge in [0.1, 0.15) is 12.2 Å². The summed E-state index contributed by atoms with van der Waals surface area (Å²) in [5, 5.41) is 5.96. The summed E-state index contributed by atoms with van der Waals surface area (Å²) in [6.07, 6.45) is 23.9. The summed E-state index contributed by atoms with van der Waals surface area (Å²) in [7, 11) is 0. The van der Waals surface area contributed by atoms with Crippen molar-refractivity contribution in [2.75, 3.05) is 13.2 Å². The van der Waals surface area contributed by atoms with Crippen molar-refractivity contribution in [3.63, 3.8) is 0 Å². The van der Waals surface area contributed by atoms with Gasteiger partial charge in [0.05, 0.1) is 19.1 Å². The van der Waals surface area contributed by atoms with Crippen molar-refractivity contribution in [3.05, 3.63) is 12.2 Å². The highest BCUT2D eigenvalue weighted by molar-refractivity contribution is 5.82. The van der Waals surface area contributed by atoms with E-state index < -0.39 is 17.3 Å². The Labute approximate surface area is 268 Å². The van der Waals surface area contributed by atoms with E-state index in [2.05, 4.69) is 29.7 Å². The topological polar surface area (TPSA) is 103 Å². The van der Waals surface area contributed by atoms with Crippen LogP contribution in [-0.4, -0.2) is 55.0 Å². The third-order valence-electron chi connectivity index (χ3n) is 8.77. The molecule has 1 aliphatic carbocycles. The Bertz CT molecular complexity index is 871. The van der Waals surface area contributed by atoms with E-state index in [4.69, 9.17) is 14.2 Å². The fourth-order valence-corrected chi connectivity index (χ4v) is 5.97. The molecule has 0 aromatic carbocycles. The first-order chi connectivity index (χ1) is 21.0. The van der Waals surface area contributed by atoms with Gasteiger partial charge in [-0.15, -0.1) is 0 Å². The highest BCUT2D eigenvalue weighted by atomic mass is 16.7. The van der Waals surface area contributed by atoms with E-state index in [-0.39, 0.29) is 42.9 Å². The molecule has 2 rings (SSSR count). The highest BCUT2D eigenvalue weighted by Crippen LogP contribution is 2.34. The fourth-order valence-electron chi connectivity index (χ4n) is 5.97. The van der Waals surface area contributed by atoms with E-state index >= 15 is 0 Å². The number of ether oxygens (including phenoxy) is 3. The van der Waals surface area contributed by atoms with Crippen molar-refractivity contribution >= 4 is 17.8 Å². The van der Waals surface area contributed by atoms with Crippen LogP contribution in [0.4, 0.5) is 0 Å². The molecule has 2 amide bonds. The van der Waals surface area contributed by atoms with Gasteiger partial charge in [0, 0.05) is 18.4 Å². The molecule has 44 heavy (non-hydrogen) atoms. The number of allylic oxidation sites excluding steroid dienone is 2. The minimum Gasteiger partial charge on any atom is -0.460 e. The van der Waals surface area contributed by atoms with Crippen LogP contribution in [0.25, 0.3) is 0 Å². The zero-order chi connectivity index (χ0) is 32.3. The average Bonchev–Trinajstić information content (AvgIpc) is 2.97. The van der Waals surface area contributed by atoms with Gasteiger partial charge in [0.2, 0.25) is 11.8 Å². The van der Waals surface area contributed by atoms with Crippen LogP contribution < -0.4 is 10.6 Å². The Balaban J connectivity index is 1.55. The number of carbonyl (C=O) groups is 3. The molecule has 0 spiro atoms. The largest absolute Gasteiger partial charge is 0.460 e. The molecule has 1 saturated carbocycles. The minimum absolute atomic E-state index is 0.0461. The molecule has 3 atom stereocenters. The van der Waals surface area contributed by atoms with Crippen LogP contribution in [-0.2, 0) is 28.6 Å². The number of carbonyl (C=O) groups excluding carboxylic acids is 3. The van der Waals surface area contributed by atoms with Crippen LogP contribution in [0, 0.1) is 5.41 Å². The van der Waals surface area contributed by atoms with Crippen LogP contribution in [0.1, 0.15) is 157 Å². The summed E-state index contributed by atoms with van der Waals surface area (Å²) in [5.74, 6) is -1.40.